The van der Waals surface area contributed by atoms with Gasteiger partial charge in [-0.25, -0.2) is 0 Å². The minimum Gasteiger partial charge on any atom is -0.394 e. The lowest BCUT2D eigenvalue weighted by atomic mass is 9.90. The van der Waals surface area contributed by atoms with Crippen molar-refractivity contribution in [2.24, 2.45) is 5.92 Å². The first-order valence-electron chi connectivity index (χ1n) is 4.81. The van der Waals surface area contributed by atoms with E-state index in [1.54, 1.807) is 0 Å². The third-order valence-electron chi connectivity index (χ3n) is 2.52. The fraction of sp³-hybridized carbons (Fsp3) is 1.00. The van der Waals surface area contributed by atoms with Gasteiger partial charge in [0, 0.05) is 12.3 Å². The predicted molar refractivity (Wildman–Crippen MR) is 47.0 cm³/mol. The first-order chi connectivity index (χ1) is 6.19. The summed E-state index contributed by atoms with van der Waals surface area (Å²) in [5, 5.41) is 27.9. The summed E-state index contributed by atoms with van der Waals surface area (Å²) in [6.45, 7) is 1.85. The van der Waals surface area contributed by atoms with Gasteiger partial charge < -0.3 is 20.1 Å². The molecule has 1 heterocycles. The molecule has 0 spiro atoms. The Labute approximate surface area is 78.1 Å². The highest BCUT2D eigenvalue weighted by Gasteiger charge is 2.35. The van der Waals surface area contributed by atoms with Crippen LogP contribution in [0.3, 0.4) is 0 Å². The Bertz CT molecular complexity index is 139. The van der Waals surface area contributed by atoms with Crippen LogP contribution in [0.5, 0.6) is 0 Å². The lowest BCUT2D eigenvalue weighted by Crippen LogP contribution is -2.45. The Balaban J connectivity index is 2.48. The van der Waals surface area contributed by atoms with Crippen LogP contribution < -0.4 is 0 Å². The average Bonchev–Trinajstić information content (AvgIpc) is 2.11. The fourth-order valence-corrected chi connectivity index (χ4v) is 1.77. The Morgan fingerprint density at radius 1 is 1.38 bits per heavy atom. The molecule has 1 aliphatic heterocycles. The van der Waals surface area contributed by atoms with Crippen LogP contribution in [0.25, 0.3) is 0 Å². The SMILES string of the molecule is CCCC1C(O)CC(CO)OC1O. The molecule has 1 saturated heterocycles. The van der Waals surface area contributed by atoms with E-state index in [1.165, 1.54) is 0 Å². The molecular formula is C9H18O4. The molecule has 1 fully saturated rings. The second-order valence-electron chi connectivity index (χ2n) is 3.59. The molecule has 0 aromatic carbocycles. The highest BCUT2D eigenvalue weighted by atomic mass is 16.6. The highest BCUT2D eigenvalue weighted by Crippen LogP contribution is 2.27. The smallest absolute Gasteiger partial charge is 0.160 e. The van der Waals surface area contributed by atoms with Crippen molar-refractivity contribution < 1.29 is 20.1 Å². The quantitative estimate of drug-likeness (QED) is 0.579. The van der Waals surface area contributed by atoms with Crippen LogP contribution in [0.15, 0.2) is 0 Å². The van der Waals surface area contributed by atoms with Crippen molar-refractivity contribution in [1.82, 2.24) is 0 Å². The van der Waals surface area contributed by atoms with Crippen molar-refractivity contribution in [1.29, 1.82) is 0 Å². The average molecular weight is 190 g/mol. The van der Waals surface area contributed by atoms with E-state index in [4.69, 9.17) is 9.84 Å². The zero-order valence-electron chi connectivity index (χ0n) is 7.89. The number of hydrogen-bond donors (Lipinski definition) is 3. The van der Waals surface area contributed by atoms with Crippen molar-refractivity contribution in [2.45, 2.75) is 44.7 Å². The highest BCUT2D eigenvalue weighted by molar-refractivity contribution is 4.80. The molecule has 0 saturated carbocycles. The first-order valence-corrected chi connectivity index (χ1v) is 4.81. The van der Waals surface area contributed by atoms with Gasteiger partial charge in [0.25, 0.3) is 0 Å². The summed E-state index contributed by atoms with van der Waals surface area (Å²) in [6, 6.07) is 0. The summed E-state index contributed by atoms with van der Waals surface area (Å²) in [5.41, 5.74) is 0. The third-order valence-corrected chi connectivity index (χ3v) is 2.52. The maximum Gasteiger partial charge on any atom is 0.160 e. The van der Waals surface area contributed by atoms with Crippen molar-refractivity contribution in [3.8, 4) is 0 Å². The Hall–Kier alpha value is -0.160. The minimum atomic E-state index is -0.930. The third kappa shape index (κ3) is 2.64. The number of aliphatic hydroxyl groups excluding tert-OH is 3. The molecule has 4 heteroatoms. The predicted octanol–water partition coefficient (Wildman–Crippen LogP) is -0.137. The Morgan fingerprint density at radius 3 is 2.54 bits per heavy atom. The molecule has 0 aliphatic carbocycles. The van der Waals surface area contributed by atoms with E-state index in [9.17, 15) is 10.2 Å². The van der Waals surface area contributed by atoms with E-state index in [2.05, 4.69) is 0 Å². The van der Waals surface area contributed by atoms with Crippen LogP contribution in [-0.4, -0.2) is 40.4 Å². The van der Waals surface area contributed by atoms with E-state index in [1.807, 2.05) is 6.92 Å². The normalized spacial score (nSPS) is 40.6. The van der Waals surface area contributed by atoms with Gasteiger partial charge in [0.15, 0.2) is 6.29 Å². The Morgan fingerprint density at radius 2 is 2.08 bits per heavy atom. The van der Waals surface area contributed by atoms with Gasteiger partial charge in [-0.3, -0.25) is 0 Å². The minimum absolute atomic E-state index is 0.146. The zero-order valence-corrected chi connectivity index (χ0v) is 7.89. The summed E-state index contributed by atoms with van der Waals surface area (Å²) in [7, 11) is 0. The van der Waals surface area contributed by atoms with Crippen LogP contribution >= 0.6 is 0 Å². The van der Waals surface area contributed by atoms with Crippen LogP contribution in [0, 0.1) is 5.92 Å². The molecule has 78 valence electrons. The van der Waals surface area contributed by atoms with Crippen molar-refractivity contribution in [2.75, 3.05) is 6.61 Å². The van der Waals surface area contributed by atoms with Gasteiger partial charge in [0.2, 0.25) is 0 Å². The number of hydrogen-bond acceptors (Lipinski definition) is 4. The molecule has 0 aromatic rings. The fourth-order valence-electron chi connectivity index (χ4n) is 1.77. The second kappa shape index (κ2) is 4.91. The van der Waals surface area contributed by atoms with Gasteiger partial charge in [0.1, 0.15) is 0 Å². The van der Waals surface area contributed by atoms with Crippen LogP contribution in [0.2, 0.25) is 0 Å². The molecule has 4 nitrogen and oxygen atoms in total. The molecule has 13 heavy (non-hydrogen) atoms. The van der Waals surface area contributed by atoms with Gasteiger partial charge in [0.05, 0.1) is 18.8 Å². The van der Waals surface area contributed by atoms with Gasteiger partial charge >= 0.3 is 0 Å². The molecule has 1 aliphatic rings. The topological polar surface area (TPSA) is 69.9 Å². The van der Waals surface area contributed by atoms with E-state index in [0.717, 1.165) is 12.8 Å². The molecular weight excluding hydrogens is 172 g/mol. The monoisotopic (exact) mass is 190 g/mol. The van der Waals surface area contributed by atoms with Gasteiger partial charge in [-0.2, -0.15) is 0 Å². The summed E-state index contributed by atoms with van der Waals surface area (Å²) >= 11 is 0. The molecule has 0 bridgehead atoms. The van der Waals surface area contributed by atoms with Crippen LogP contribution in [0.4, 0.5) is 0 Å². The molecule has 4 atom stereocenters. The van der Waals surface area contributed by atoms with Gasteiger partial charge in [-0.05, 0) is 6.42 Å². The van der Waals surface area contributed by atoms with E-state index in [0.29, 0.717) is 6.42 Å². The van der Waals surface area contributed by atoms with Gasteiger partial charge in [-0.1, -0.05) is 13.3 Å². The molecule has 0 amide bonds. The maximum atomic E-state index is 9.62. The number of rotatable bonds is 3. The lowest BCUT2D eigenvalue weighted by Gasteiger charge is -2.36. The second-order valence-corrected chi connectivity index (χ2v) is 3.59. The zero-order chi connectivity index (χ0) is 9.84. The standard InChI is InChI=1S/C9H18O4/c1-2-3-7-8(11)4-6(5-10)13-9(7)12/h6-12H,2-5H2,1H3. The van der Waals surface area contributed by atoms with Crippen molar-refractivity contribution in [3.63, 3.8) is 0 Å². The number of aliphatic hydroxyl groups is 3. The first kappa shape index (κ1) is 10.9. The van der Waals surface area contributed by atoms with Crippen molar-refractivity contribution >= 4 is 0 Å². The lowest BCUT2D eigenvalue weighted by molar-refractivity contribution is -0.232. The van der Waals surface area contributed by atoms with E-state index < -0.39 is 18.5 Å². The molecule has 0 aromatic heterocycles. The summed E-state index contributed by atoms with van der Waals surface area (Å²) in [6.07, 6.45) is 0.171. The van der Waals surface area contributed by atoms with Gasteiger partial charge in [-0.15, -0.1) is 0 Å². The van der Waals surface area contributed by atoms with E-state index in [-0.39, 0.29) is 12.5 Å². The summed E-state index contributed by atoms with van der Waals surface area (Å²) in [5.74, 6) is -0.201. The molecule has 0 radical (unpaired) electrons. The maximum absolute atomic E-state index is 9.62. The Kier molecular flexibility index (Phi) is 4.12. The van der Waals surface area contributed by atoms with E-state index >= 15 is 0 Å². The van der Waals surface area contributed by atoms with Crippen molar-refractivity contribution in [3.05, 3.63) is 0 Å². The number of ether oxygens (including phenoxy) is 1. The molecule has 1 rings (SSSR count). The largest absolute Gasteiger partial charge is 0.394 e. The van der Waals surface area contributed by atoms with Crippen LogP contribution in [-0.2, 0) is 4.74 Å². The summed E-state index contributed by atoms with van der Waals surface area (Å²) < 4.78 is 5.12. The molecule has 3 N–H and O–H groups in total. The van der Waals surface area contributed by atoms with Crippen LogP contribution in [0.1, 0.15) is 26.2 Å². The molecule has 4 unspecified atom stereocenters. The summed E-state index contributed by atoms with van der Waals surface area (Å²) in [4.78, 5) is 0.